The molecule has 0 aromatic rings. The average molecular weight is 154 g/mol. The molecule has 1 heteroatoms. The maximum atomic E-state index is 9.33. The second-order valence-electron chi connectivity index (χ2n) is 3.54. The molecular formula is C10H18O. The zero-order valence-electron chi connectivity index (χ0n) is 7.67. The molecule has 0 aromatic carbocycles. The first-order valence-corrected chi connectivity index (χ1v) is 3.97. The van der Waals surface area contributed by atoms with Crippen LogP contribution in [0.2, 0.25) is 0 Å². The summed E-state index contributed by atoms with van der Waals surface area (Å²) in [6.07, 6.45) is 6.61. The zero-order chi connectivity index (χ0) is 8.91. The molecule has 1 nitrogen and oxygen atoms in total. The topological polar surface area (TPSA) is 20.2 Å². The van der Waals surface area contributed by atoms with Gasteiger partial charge in [0, 0.05) is 0 Å². The molecule has 0 aromatic heterocycles. The molecule has 0 saturated heterocycles. The highest BCUT2D eigenvalue weighted by molar-refractivity contribution is 4.96. The molecule has 0 aliphatic rings. The predicted octanol–water partition coefficient (Wildman–Crippen LogP) is 2.53. The Morgan fingerprint density at radius 3 is 2.45 bits per heavy atom. The largest absolute Gasteiger partial charge is 0.390 e. The van der Waals surface area contributed by atoms with Gasteiger partial charge >= 0.3 is 0 Å². The van der Waals surface area contributed by atoms with Crippen LogP contribution in [0.5, 0.6) is 0 Å². The van der Waals surface area contributed by atoms with Crippen LogP contribution in [0, 0.1) is 5.92 Å². The zero-order valence-corrected chi connectivity index (χ0v) is 7.67. The summed E-state index contributed by atoms with van der Waals surface area (Å²) in [6, 6.07) is 0. The molecule has 0 radical (unpaired) electrons. The van der Waals surface area contributed by atoms with Crippen molar-refractivity contribution in [3.8, 4) is 0 Å². The third kappa shape index (κ3) is 7.34. The minimum atomic E-state index is -0.586. The van der Waals surface area contributed by atoms with Crippen molar-refractivity contribution in [3.63, 3.8) is 0 Å². The molecule has 11 heavy (non-hydrogen) atoms. The summed E-state index contributed by atoms with van der Waals surface area (Å²) < 4.78 is 0. The van der Waals surface area contributed by atoms with Crippen molar-refractivity contribution in [1.29, 1.82) is 0 Å². The van der Waals surface area contributed by atoms with Crippen LogP contribution < -0.4 is 0 Å². The van der Waals surface area contributed by atoms with Gasteiger partial charge in [-0.25, -0.2) is 0 Å². The standard InChI is InChI=1S/C10H18O/c1-5-9(2)7-6-8-10(3,4)11/h5-7,9,11H,1,8H2,2-4H3/b7-6+. The number of hydrogen-bond donors (Lipinski definition) is 1. The van der Waals surface area contributed by atoms with E-state index in [4.69, 9.17) is 0 Å². The van der Waals surface area contributed by atoms with E-state index in [-0.39, 0.29) is 0 Å². The lowest BCUT2D eigenvalue weighted by Gasteiger charge is -2.13. The van der Waals surface area contributed by atoms with E-state index >= 15 is 0 Å². The highest BCUT2D eigenvalue weighted by atomic mass is 16.3. The van der Waals surface area contributed by atoms with Gasteiger partial charge in [0.25, 0.3) is 0 Å². The number of aliphatic hydroxyl groups is 1. The third-order valence-corrected chi connectivity index (χ3v) is 1.43. The quantitative estimate of drug-likeness (QED) is 0.617. The fourth-order valence-electron chi connectivity index (χ4n) is 0.650. The summed E-state index contributed by atoms with van der Waals surface area (Å²) in [5.41, 5.74) is -0.586. The molecule has 0 spiro atoms. The van der Waals surface area contributed by atoms with Gasteiger partial charge in [0.15, 0.2) is 0 Å². The normalized spacial score (nSPS) is 15.3. The first-order valence-electron chi connectivity index (χ1n) is 3.97. The Morgan fingerprint density at radius 2 is 2.09 bits per heavy atom. The van der Waals surface area contributed by atoms with Crippen molar-refractivity contribution in [2.45, 2.75) is 32.8 Å². The minimum Gasteiger partial charge on any atom is -0.390 e. The van der Waals surface area contributed by atoms with E-state index in [1.165, 1.54) is 0 Å². The summed E-state index contributed by atoms with van der Waals surface area (Å²) in [5.74, 6) is 0.400. The third-order valence-electron chi connectivity index (χ3n) is 1.43. The van der Waals surface area contributed by atoms with Crippen molar-refractivity contribution >= 4 is 0 Å². The fourth-order valence-corrected chi connectivity index (χ4v) is 0.650. The Balaban J connectivity index is 3.69. The summed E-state index contributed by atoms with van der Waals surface area (Å²) in [6.45, 7) is 9.33. The van der Waals surface area contributed by atoms with E-state index in [1.807, 2.05) is 18.2 Å². The van der Waals surface area contributed by atoms with Crippen LogP contribution in [-0.4, -0.2) is 10.7 Å². The molecule has 64 valence electrons. The van der Waals surface area contributed by atoms with Gasteiger partial charge in [-0.2, -0.15) is 0 Å². The van der Waals surface area contributed by atoms with Crippen molar-refractivity contribution in [3.05, 3.63) is 24.8 Å². The summed E-state index contributed by atoms with van der Waals surface area (Å²) in [5, 5.41) is 9.33. The van der Waals surface area contributed by atoms with Crippen LogP contribution in [0.25, 0.3) is 0 Å². The fraction of sp³-hybridized carbons (Fsp3) is 0.600. The highest BCUT2D eigenvalue weighted by Crippen LogP contribution is 2.09. The Morgan fingerprint density at radius 1 is 1.55 bits per heavy atom. The van der Waals surface area contributed by atoms with Crippen molar-refractivity contribution < 1.29 is 5.11 Å². The van der Waals surface area contributed by atoms with Gasteiger partial charge < -0.3 is 5.11 Å². The maximum absolute atomic E-state index is 9.33. The molecule has 0 aliphatic carbocycles. The maximum Gasteiger partial charge on any atom is 0.0626 e. The number of hydrogen-bond acceptors (Lipinski definition) is 1. The van der Waals surface area contributed by atoms with Gasteiger partial charge in [0.05, 0.1) is 5.60 Å². The SMILES string of the molecule is C=CC(C)/C=C/CC(C)(C)O. The first kappa shape index (κ1) is 10.4. The number of rotatable bonds is 4. The summed E-state index contributed by atoms with van der Waals surface area (Å²) in [4.78, 5) is 0. The van der Waals surface area contributed by atoms with E-state index in [9.17, 15) is 5.11 Å². The predicted molar refractivity (Wildman–Crippen MR) is 49.4 cm³/mol. The van der Waals surface area contributed by atoms with Gasteiger partial charge in [-0.15, -0.1) is 6.58 Å². The highest BCUT2D eigenvalue weighted by Gasteiger charge is 2.08. The van der Waals surface area contributed by atoms with Gasteiger partial charge in [0.2, 0.25) is 0 Å². The van der Waals surface area contributed by atoms with Crippen LogP contribution in [-0.2, 0) is 0 Å². The lowest BCUT2D eigenvalue weighted by molar-refractivity contribution is 0.0838. The first-order chi connectivity index (χ1) is 4.95. The van der Waals surface area contributed by atoms with Crippen molar-refractivity contribution in [2.75, 3.05) is 0 Å². The molecular weight excluding hydrogens is 136 g/mol. The summed E-state index contributed by atoms with van der Waals surface area (Å²) in [7, 11) is 0. The lowest BCUT2D eigenvalue weighted by atomic mass is 10.0. The molecule has 1 N–H and O–H groups in total. The van der Waals surface area contributed by atoms with E-state index in [0.717, 1.165) is 0 Å². The van der Waals surface area contributed by atoms with E-state index < -0.39 is 5.60 Å². The molecule has 0 amide bonds. The van der Waals surface area contributed by atoms with Crippen LogP contribution in [0.3, 0.4) is 0 Å². The molecule has 1 atom stereocenters. The van der Waals surface area contributed by atoms with E-state index in [0.29, 0.717) is 12.3 Å². The molecule has 1 unspecified atom stereocenters. The van der Waals surface area contributed by atoms with Crippen molar-refractivity contribution in [1.82, 2.24) is 0 Å². The molecule has 0 bridgehead atoms. The van der Waals surface area contributed by atoms with Gasteiger partial charge in [-0.1, -0.05) is 25.2 Å². The van der Waals surface area contributed by atoms with Crippen molar-refractivity contribution in [2.24, 2.45) is 5.92 Å². The van der Waals surface area contributed by atoms with Crippen LogP contribution in [0.15, 0.2) is 24.8 Å². The second-order valence-corrected chi connectivity index (χ2v) is 3.54. The molecule has 0 fully saturated rings. The smallest absolute Gasteiger partial charge is 0.0626 e. The van der Waals surface area contributed by atoms with Gasteiger partial charge in [-0.3, -0.25) is 0 Å². The average Bonchev–Trinajstić information content (AvgIpc) is 1.85. The minimum absolute atomic E-state index is 0.400. The van der Waals surface area contributed by atoms with Crippen LogP contribution in [0.1, 0.15) is 27.2 Å². The molecule has 0 aliphatic heterocycles. The number of allylic oxidation sites excluding steroid dienone is 2. The van der Waals surface area contributed by atoms with Crippen LogP contribution in [0.4, 0.5) is 0 Å². The molecule has 0 rings (SSSR count). The summed E-state index contributed by atoms with van der Waals surface area (Å²) >= 11 is 0. The van der Waals surface area contributed by atoms with Gasteiger partial charge in [-0.05, 0) is 26.2 Å². The second kappa shape index (κ2) is 4.35. The Labute approximate surface area is 69.4 Å². The molecule has 0 saturated carbocycles. The molecule has 0 heterocycles. The Hall–Kier alpha value is -0.560. The Kier molecular flexibility index (Phi) is 4.12. The van der Waals surface area contributed by atoms with E-state index in [1.54, 1.807) is 13.8 Å². The van der Waals surface area contributed by atoms with E-state index in [2.05, 4.69) is 13.5 Å². The van der Waals surface area contributed by atoms with Crippen LogP contribution >= 0.6 is 0 Å². The van der Waals surface area contributed by atoms with Gasteiger partial charge in [0.1, 0.15) is 0 Å². The monoisotopic (exact) mass is 154 g/mol. The Bertz CT molecular complexity index is 139. The lowest BCUT2D eigenvalue weighted by Crippen LogP contribution is -2.16.